The fraction of sp³-hybridized carbons (Fsp3) is 0.353. The number of benzene rings is 1. The SMILES string of the molecule is CCOc1cc(/C=C2/SC(=S)N([C@H](C(=O)O)C(C)C)C2=O)ccc1O. The lowest BCUT2D eigenvalue weighted by Crippen LogP contribution is -2.47. The predicted octanol–water partition coefficient (Wildman–Crippen LogP) is 3.10. The van der Waals surface area contributed by atoms with Crippen LogP contribution in [0.4, 0.5) is 0 Å². The molecule has 1 aliphatic heterocycles. The molecule has 1 amide bonds. The van der Waals surface area contributed by atoms with Crippen molar-refractivity contribution in [2.75, 3.05) is 6.61 Å². The van der Waals surface area contributed by atoms with Crippen LogP contribution in [-0.2, 0) is 9.59 Å². The van der Waals surface area contributed by atoms with Crippen molar-refractivity contribution in [3.63, 3.8) is 0 Å². The van der Waals surface area contributed by atoms with Crippen LogP contribution in [-0.4, -0.2) is 44.0 Å². The van der Waals surface area contributed by atoms with Crippen molar-refractivity contribution in [1.29, 1.82) is 0 Å². The van der Waals surface area contributed by atoms with E-state index in [9.17, 15) is 19.8 Å². The normalized spacial score (nSPS) is 17.4. The van der Waals surface area contributed by atoms with E-state index in [2.05, 4.69) is 0 Å². The van der Waals surface area contributed by atoms with Crippen LogP contribution >= 0.6 is 24.0 Å². The van der Waals surface area contributed by atoms with Crippen LogP contribution in [0.15, 0.2) is 23.1 Å². The second-order valence-corrected chi connectivity index (χ2v) is 7.41. The molecule has 2 rings (SSSR count). The van der Waals surface area contributed by atoms with E-state index in [1.807, 2.05) is 0 Å². The van der Waals surface area contributed by atoms with E-state index in [1.165, 1.54) is 6.07 Å². The number of thioether (sulfide) groups is 1. The van der Waals surface area contributed by atoms with Gasteiger partial charge in [0.2, 0.25) is 0 Å². The van der Waals surface area contributed by atoms with Crippen molar-refractivity contribution in [3.8, 4) is 11.5 Å². The quantitative estimate of drug-likeness (QED) is 0.578. The molecule has 1 saturated heterocycles. The summed E-state index contributed by atoms with van der Waals surface area (Å²) in [6.45, 7) is 5.66. The van der Waals surface area contributed by atoms with Gasteiger partial charge in [-0.3, -0.25) is 9.69 Å². The first-order valence-electron chi connectivity index (χ1n) is 7.72. The average molecular weight is 381 g/mol. The van der Waals surface area contributed by atoms with E-state index in [0.717, 1.165) is 16.7 Å². The molecule has 1 heterocycles. The summed E-state index contributed by atoms with van der Waals surface area (Å²) in [7, 11) is 0. The Hall–Kier alpha value is -2.06. The zero-order chi connectivity index (χ0) is 18.7. The Kier molecular flexibility index (Phi) is 6.07. The Morgan fingerprint density at radius 1 is 1.44 bits per heavy atom. The van der Waals surface area contributed by atoms with E-state index >= 15 is 0 Å². The zero-order valence-electron chi connectivity index (χ0n) is 14.1. The molecule has 0 bridgehead atoms. The van der Waals surface area contributed by atoms with Gasteiger partial charge in [-0.05, 0) is 36.6 Å². The van der Waals surface area contributed by atoms with E-state index in [1.54, 1.807) is 39.0 Å². The highest BCUT2D eigenvalue weighted by atomic mass is 32.2. The number of phenols is 1. The number of carboxylic acid groups (broad SMARTS) is 1. The third kappa shape index (κ3) is 4.13. The Morgan fingerprint density at radius 3 is 2.68 bits per heavy atom. The van der Waals surface area contributed by atoms with E-state index < -0.39 is 17.9 Å². The minimum Gasteiger partial charge on any atom is -0.504 e. The molecule has 0 aromatic heterocycles. The Labute approximate surface area is 155 Å². The summed E-state index contributed by atoms with van der Waals surface area (Å²) in [6, 6.07) is 3.73. The third-order valence-corrected chi connectivity index (χ3v) is 4.90. The minimum atomic E-state index is -1.09. The second kappa shape index (κ2) is 7.88. The van der Waals surface area contributed by atoms with Gasteiger partial charge < -0.3 is 14.9 Å². The molecule has 0 radical (unpaired) electrons. The summed E-state index contributed by atoms with van der Waals surface area (Å²) in [5.74, 6) is -1.47. The van der Waals surface area contributed by atoms with Crippen molar-refractivity contribution in [3.05, 3.63) is 28.7 Å². The van der Waals surface area contributed by atoms with Crippen molar-refractivity contribution >= 4 is 46.3 Å². The fourth-order valence-electron chi connectivity index (χ4n) is 2.46. The zero-order valence-corrected chi connectivity index (χ0v) is 15.7. The summed E-state index contributed by atoms with van der Waals surface area (Å²) < 4.78 is 5.55. The highest BCUT2D eigenvalue weighted by Gasteiger charge is 2.41. The number of carboxylic acids is 1. The summed E-state index contributed by atoms with van der Waals surface area (Å²) in [4.78, 5) is 25.7. The molecule has 1 aromatic rings. The van der Waals surface area contributed by atoms with Crippen molar-refractivity contribution < 1.29 is 24.5 Å². The van der Waals surface area contributed by atoms with Crippen LogP contribution in [0.25, 0.3) is 6.08 Å². The molecule has 6 nitrogen and oxygen atoms in total. The molecule has 0 saturated carbocycles. The lowest BCUT2D eigenvalue weighted by molar-refractivity contribution is -0.146. The molecule has 0 aliphatic carbocycles. The van der Waals surface area contributed by atoms with Gasteiger partial charge in [0.1, 0.15) is 10.4 Å². The van der Waals surface area contributed by atoms with E-state index in [4.69, 9.17) is 17.0 Å². The number of carbonyl (C=O) groups excluding carboxylic acids is 1. The van der Waals surface area contributed by atoms with Gasteiger partial charge in [0, 0.05) is 0 Å². The highest BCUT2D eigenvalue weighted by molar-refractivity contribution is 8.26. The molecule has 2 N–H and O–H groups in total. The van der Waals surface area contributed by atoms with Crippen LogP contribution < -0.4 is 4.74 Å². The molecule has 134 valence electrons. The van der Waals surface area contributed by atoms with Crippen molar-refractivity contribution in [2.45, 2.75) is 26.8 Å². The van der Waals surface area contributed by atoms with Gasteiger partial charge in [-0.15, -0.1) is 0 Å². The molecule has 8 heteroatoms. The lowest BCUT2D eigenvalue weighted by atomic mass is 10.0. The van der Waals surface area contributed by atoms with Crippen molar-refractivity contribution in [2.24, 2.45) is 5.92 Å². The van der Waals surface area contributed by atoms with Gasteiger partial charge in [-0.2, -0.15) is 0 Å². The number of thiocarbonyl (C=S) groups is 1. The van der Waals surface area contributed by atoms with Crippen LogP contribution in [0, 0.1) is 5.92 Å². The Bertz CT molecular complexity index is 745. The Balaban J connectivity index is 2.34. The van der Waals surface area contributed by atoms with E-state index in [0.29, 0.717) is 22.8 Å². The minimum absolute atomic E-state index is 0.0114. The second-order valence-electron chi connectivity index (χ2n) is 5.74. The number of phenolic OH excluding ortho intramolecular Hbond substituents is 1. The van der Waals surface area contributed by atoms with Gasteiger partial charge in [0.25, 0.3) is 5.91 Å². The first-order chi connectivity index (χ1) is 11.8. The molecule has 0 spiro atoms. The number of carbonyl (C=O) groups is 2. The average Bonchev–Trinajstić information content (AvgIpc) is 2.78. The number of hydrogen-bond acceptors (Lipinski definition) is 6. The predicted molar refractivity (Wildman–Crippen MR) is 101 cm³/mol. The van der Waals surface area contributed by atoms with Gasteiger partial charge in [0.05, 0.1) is 11.5 Å². The summed E-state index contributed by atoms with van der Waals surface area (Å²) in [6.07, 6.45) is 1.61. The molecular formula is C17H19NO5S2. The number of amides is 1. The highest BCUT2D eigenvalue weighted by Crippen LogP contribution is 2.36. The van der Waals surface area contributed by atoms with Gasteiger partial charge in [-0.1, -0.05) is 43.9 Å². The van der Waals surface area contributed by atoms with Crippen LogP contribution in [0.1, 0.15) is 26.3 Å². The molecule has 0 unspecified atom stereocenters. The number of hydrogen-bond donors (Lipinski definition) is 2. The van der Waals surface area contributed by atoms with Gasteiger partial charge in [-0.25, -0.2) is 4.79 Å². The maximum absolute atomic E-state index is 12.7. The first-order valence-corrected chi connectivity index (χ1v) is 8.94. The Morgan fingerprint density at radius 2 is 2.12 bits per heavy atom. The number of aromatic hydroxyl groups is 1. The van der Waals surface area contributed by atoms with Crippen molar-refractivity contribution in [1.82, 2.24) is 4.90 Å². The molecule has 1 atom stereocenters. The van der Waals surface area contributed by atoms with Crippen LogP contribution in [0.2, 0.25) is 0 Å². The largest absolute Gasteiger partial charge is 0.504 e. The number of ether oxygens (including phenoxy) is 1. The number of nitrogens with zero attached hydrogens (tertiary/aromatic N) is 1. The topological polar surface area (TPSA) is 87.1 Å². The maximum Gasteiger partial charge on any atom is 0.327 e. The molecule has 1 aliphatic rings. The van der Waals surface area contributed by atoms with Crippen LogP contribution in [0.3, 0.4) is 0 Å². The summed E-state index contributed by atoms with van der Waals surface area (Å²) in [5.41, 5.74) is 0.651. The number of aliphatic carboxylic acids is 1. The molecule has 1 aromatic carbocycles. The molecular weight excluding hydrogens is 362 g/mol. The third-order valence-electron chi connectivity index (χ3n) is 3.57. The summed E-state index contributed by atoms with van der Waals surface area (Å²) >= 11 is 6.28. The molecule has 25 heavy (non-hydrogen) atoms. The van der Waals surface area contributed by atoms with Crippen LogP contribution in [0.5, 0.6) is 11.5 Å². The van der Waals surface area contributed by atoms with E-state index in [-0.39, 0.29) is 16.0 Å². The first kappa shape index (κ1) is 19.3. The standard InChI is InChI=1S/C17H19NO5S2/c1-4-23-12-7-10(5-6-11(12)19)8-13-15(20)18(17(24)25-13)14(9(2)3)16(21)22/h5-9,14,19H,4H2,1-3H3,(H,21,22)/b13-8+/t14-/m0/s1. The fourth-order valence-corrected chi connectivity index (χ4v) is 3.79. The monoisotopic (exact) mass is 381 g/mol. The molecule has 1 fully saturated rings. The maximum atomic E-state index is 12.7. The lowest BCUT2D eigenvalue weighted by Gasteiger charge is -2.26. The van der Waals surface area contributed by atoms with Gasteiger partial charge in [0.15, 0.2) is 11.5 Å². The summed E-state index contributed by atoms with van der Waals surface area (Å²) in [5, 5.41) is 19.2. The van der Waals surface area contributed by atoms with Gasteiger partial charge >= 0.3 is 5.97 Å². The smallest absolute Gasteiger partial charge is 0.327 e. The number of rotatable bonds is 6.